The monoisotopic (exact) mass is 332 g/mol. The summed E-state index contributed by atoms with van der Waals surface area (Å²) in [5, 5.41) is 9.44. The average Bonchev–Trinajstić information content (AvgIpc) is 3.00. The van der Waals surface area contributed by atoms with Crippen molar-refractivity contribution in [3.63, 3.8) is 0 Å². The van der Waals surface area contributed by atoms with Crippen molar-refractivity contribution < 1.29 is 19.1 Å². The Morgan fingerprint density at radius 3 is 2.46 bits per heavy atom. The number of likely N-dealkylation sites (tertiary alicyclic amines) is 2. The molecular weight excluding hydrogens is 311 g/mol. The van der Waals surface area contributed by atoms with Gasteiger partial charge in [-0.05, 0) is 43.9 Å². The Labute approximate surface area is 140 Å². The second kappa shape index (κ2) is 5.46. The first-order valence-corrected chi connectivity index (χ1v) is 8.54. The molecule has 5 nitrogen and oxygen atoms in total. The molecule has 24 heavy (non-hydrogen) atoms. The highest BCUT2D eigenvalue weighted by atomic mass is 19.1. The van der Waals surface area contributed by atoms with Crippen molar-refractivity contribution in [3.8, 4) is 5.75 Å². The zero-order valence-corrected chi connectivity index (χ0v) is 13.5. The number of amides is 2. The maximum Gasteiger partial charge on any atom is 0.257 e. The second-order valence-corrected chi connectivity index (χ2v) is 7.46. The molecule has 1 spiro atoms. The number of hydrogen-bond donors (Lipinski definition) is 1. The molecule has 1 saturated carbocycles. The minimum Gasteiger partial charge on any atom is -0.508 e. The molecule has 0 unspecified atom stereocenters. The number of phenolic OH excluding ortho intramolecular Hbond substituents is 1. The second-order valence-electron chi connectivity index (χ2n) is 7.46. The fourth-order valence-electron chi connectivity index (χ4n) is 4.37. The van der Waals surface area contributed by atoms with Gasteiger partial charge in [-0.2, -0.15) is 0 Å². The van der Waals surface area contributed by atoms with Crippen LogP contribution in [-0.2, 0) is 4.79 Å². The summed E-state index contributed by atoms with van der Waals surface area (Å²) >= 11 is 0. The van der Waals surface area contributed by atoms with E-state index in [1.165, 1.54) is 12.1 Å². The summed E-state index contributed by atoms with van der Waals surface area (Å²) in [7, 11) is 0. The van der Waals surface area contributed by atoms with E-state index in [1.807, 2.05) is 4.90 Å². The number of benzene rings is 1. The van der Waals surface area contributed by atoms with E-state index in [-0.39, 0.29) is 34.5 Å². The van der Waals surface area contributed by atoms with Gasteiger partial charge in [0.15, 0.2) is 0 Å². The van der Waals surface area contributed by atoms with Gasteiger partial charge in [-0.25, -0.2) is 4.39 Å². The van der Waals surface area contributed by atoms with Crippen molar-refractivity contribution in [2.45, 2.75) is 25.7 Å². The topological polar surface area (TPSA) is 60.9 Å². The van der Waals surface area contributed by atoms with Gasteiger partial charge in [0.1, 0.15) is 11.6 Å². The van der Waals surface area contributed by atoms with E-state index >= 15 is 0 Å². The van der Waals surface area contributed by atoms with Gasteiger partial charge in [-0.3, -0.25) is 9.59 Å². The summed E-state index contributed by atoms with van der Waals surface area (Å²) in [4.78, 5) is 28.3. The summed E-state index contributed by atoms with van der Waals surface area (Å²) < 4.78 is 13.8. The van der Waals surface area contributed by atoms with Crippen LogP contribution in [0.1, 0.15) is 36.0 Å². The fraction of sp³-hybridized carbons (Fsp3) is 0.556. The quantitative estimate of drug-likeness (QED) is 0.901. The third kappa shape index (κ3) is 2.44. The maximum atomic E-state index is 13.8. The smallest absolute Gasteiger partial charge is 0.257 e. The summed E-state index contributed by atoms with van der Waals surface area (Å²) in [6.45, 7) is 2.91. The Morgan fingerprint density at radius 2 is 1.79 bits per heavy atom. The molecule has 0 aromatic heterocycles. The third-order valence-corrected chi connectivity index (χ3v) is 5.65. The molecule has 1 aromatic carbocycles. The van der Waals surface area contributed by atoms with Crippen molar-refractivity contribution >= 4 is 11.8 Å². The molecule has 2 heterocycles. The van der Waals surface area contributed by atoms with Gasteiger partial charge >= 0.3 is 0 Å². The van der Waals surface area contributed by atoms with Crippen LogP contribution in [0, 0.1) is 17.2 Å². The number of carbonyl (C=O) groups is 2. The Balaban J connectivity index is 1.33. The van der Waals surface area contributed by atoms with Crippen LogP contribution in [0.5, 0.6) is 5.75 Å². The van der Waals surface area contributed by atoms with Crippen molar-refractivity contribution in [1.29, 1.82) is 0 Å². The Bertz CT molecular complexity index is 686. The van der Waals surface area contributed by atoms with Crippen LogP contribution in [0.25, 0.3) is 0 Å². The standard InChI is InChI=1S/C18H21FN2O3/c19-15-4-3-13(22)7-14(15)17(24)21-10-18(11-21)8-12(9-18)16(23)20-5-1-2-6-20/h3-4,7,12,22H,1-2,5-6,8-11H2. The molecule has 2 aliphatic heterocycles. The first-order chi connectivity index (χ1) is 11.5. The van der Waals surface area contributed by atoms with Crippen molar-refractivity contribution in [3.05, 3.63) is 29.6 Å². The molecule has 0 atom stereocenters. The lowest BCUT2D eigenvalue weighted by molar-refractivity contribution is -0.150. The van der Waals surface area contributed by atoms with Crippen LogP contribution in [0.15, 0.2) is 18.2 Å². The highest BCUT2D eigenvalue weighted by molar-refractivity contribution is 5.95. The average molecular weight is 332 g/mol. The first-order valence-electron chi connectivity index (χ1n) is 8.54. The molecule has 3 aliphatic rings. The zero-order valence-electron chi connectivity index (χ0n) is 13.5. The van der Waals surface area contributed by atoms with Gasteiger partial charge < -0.3 is 14.9 Å². The van der Waals surface area contributed by atoms with E-state index in [4.69, 9.17) is 0 Å². The van der Waals surface area contributed by atoms with Crippen LogP contribution in [0.3, 0.4) is 0 Å². The summed E-state index contributed by atoms with van der Waals surface area (Å²) in [5.74, 6) is -0.757. The number of rotatable bonds is 2. The number of nitrogens with zero attached hydrogens (tertiary/aromatic N) is 2. The normalized spacial score (nSPS) is 22.4. The number of halogens is 1. The lowest BCUT2D eigenvalue weighted by atomic mass is 9.57. The molecule has 0 bridgehead atoms. The molecule has 2 saturated heterocycles. The van der Waals surface area contributed by atoms with Crippen LogP contribution >= 0.6 is 0 Å². The summed E-state index contributed by atoms with van der Waals surface area (Å²) in [6.07, 6.45) is 3.85. The van der Waals surface area contributed by atoms with Crippen molar-refractivity contribution in [1.82, 2.24) is 9.80 Å². The van der Waals surface area contributed by atoms with E-state index in [9.17, 15) is 19.1 Å². The van der Waals surface area contributed by atoms with Gasteiger partial charge in [0.2, 0.25) is 5.91 Å². The summed E-state index contributed by atoms with van der Waals surface area (Å²) in [5.41, 5.74) is -0.0444. The highest BCUT2D eigenvalue weighted by Gasteiger charge is 2.56. The molecule has 4 rings (SSSR count). The minimum absolute atomic E-state index is 0.0447. The SMILES string of the molecule is O=C(c1cc(O)ccc1F)N1CC2(CC(C(=O)N3CCCC3)C2)C1. The zero-order chi connectivity index (χ0) is 16.9. The van der Waals surface area contributed by atoms with Crippen molar-refractivity contribution in [2.75, 3.05) is 26.2 Å². The molecular formula is C18H21FN2O3. The lowest BCUT2D eigenvalue weighted by Gasteiger charge is -2.58. The maximum absolute atomic E-state index is 13.8. The Kier molecular flexibility index (Phi) is 3.51. The number of hydrogen-bond acceptors (Lipinski definition) is 3. The van der Waals surface area contributed by atoms with Gasteiger partial charge in [0, 0.05) is 37.5 Å². The van der Waals surface area contributed by atoms with E-state index in [0.717, 1.165) is 44.8 Å². The first kappa shape index (κ1) is 15.4. The van der Waals surface area contributed by atoms with E-state index in [2.05, 4.69) is 0 Å². The molecule has 6 heteroatoms. The molecule has 0 radical (unpaired) electrons. The predicted octanol–water partition coefficient (Wildman–Crippen LogP) is 2.01. The molecule has 2 amide bonds. The van der Waals surface area contributed by atoms with Gasteiger partial charge in [-0.15, -0.1) is 0 Å². The molecule has 1 aliphatic carbocycles. The largest absolute Gasteiger partial charge is 0.508 e. The third-order valence-electron chi connectivity index (χ3n) is 5.65. The summed E-state index contributed by atoms with van der Waals surface area (Å²) in [6, 6.07) is 3.50. The van der Waals surface area contributed by atoms with Crippen LogP contribution < -0.4 is 0 Å². The molecule has 1 aromatic rings. The lowest BCUT2D eigenvalue weighted by Crippen LogP contribution is -2.65. The van der Waals surface area contributed by atoms with E-state index in [0.29, 0.717) is 13.1 Å². The van der Waals surface area contributed by atoms with Crippen LogP contribution in [-0.4, -0.2) is 52.9 Å². The van der Waals surface area contributed by atoms with Gasteiger partial charge in [0.05, 0.1) is 5.56 Å². The van der Waals surface area contributed by atoms with Crippen LogP contribution in [0.2, 0.25) is 0 Å². The number of phenols is 1. The highest BCUT2D eigenvalue weighted by Crippen LogP contribution is 2.52. The van der Waals surface area contributed by atoms with E-state index < -0.39 is 5.82 Å². The minimum atomic E-state index is -0.616. The Morgan fingerprint density at radius 1 is 1.12 bits per heavy atom. The number of aromatic hydroxyl groups is 1. The van der Waals surface area contributed by atoms with Crippen LogP contribution in [0.4, 0.5) is 4.39 Å². The molecule has 3 fully saturated rings. The Hall–Kier alpha value is -2.11. The van der Waals surface area contributed by atoms with E-state index in [1.54, 1.807) is 4.90 Å². The predicted molar refractivity (Wildman–Crippen MR) is 84.9 cm³/mol. The van der Waals surface area contributed by atoms with Gasteiger partial charge in [0.25, 0.3) is 5.91 Å². The fourth-order valence-corrected chi connectivity index (χ4v) is 4.37. The van der Waals surface area contributed by atoms with Crippen molar-refractivity contribution in [2.24, 2.45) is 11.3 Å². The molecule has 1 N–H and O–H groups in total. The number of carbonyl (C=O) groups excluding carboxylic acids is 2. The van der Waals surface area contributed by atoms with Gasteiger partial charge in [-0.1, -0.05) is 0 Å². The molecule has 128 valence electrons.